The Morgan fingerprint density at radius 3 is 2.52 bits per heavy atom. The maximum Gasteiger partial charge on any atom is 0.227 e. The van der Waals surface area contributed by atoms with Crippen LogP contribution in [0.3, 0.4) is 0 Å². The zero-order valence-corrected chi connectivity index (χ0v) is 14.4. The van der Waals surface area contributed by atoms with E-state index in [-0.39, 0.29) is 0 Å². The van der Waals surface area contributed by atoms with Gasteiger partial charge >= 0.3 is 0 Å². The van der Waals surface area contributed by atoms with Gasteiger partial charge in [-0.2, -0.15) is 4.98 Å². The van der Waals surface area contributed by atoms with E-state index in [0.717, 1.165) is 77.3 Å². The molecule has 0 N–H and O–H groups in total. The first-order valence-electron chi connectivity index (χ1n) is 8.86. The second-order valence-electron chi connectivity index (χ2n) is 6.31. The van der Waals surface area contributed by atoms with E-state index in [9.17, 15) is 0 Å². The molecule has 0 atom stereocenters. The van der Waals surface area contributed by atoms with Crippen LogP contribution in [0.15, 0.2) is 24.7 Å². The van der Waals surface area contributed by atoms with Gasteiger partial charge in [-0.15, -0.1) is 5.10 Å². The Morgan fingerprint density at radius 1 is 0.920 bits per heavy atom. The van der Waals surface area contributed by atoms with Crippen molar-refractivity contribution >= 4 is 11.8 Å². The molecule has 0 saturated carbocycles. The molecule has 0 spiro atoms. The van der Waals surface area contributed by atoms with Crippen molar-refractivity contribution in [3.8, 4) is 0 Å². The van der Waals surface area contributed by atoms with Crippen LogP contribution in [0.5, 0.6) is 0 Å². The highest BCUT2D eigenvalue weighted by molar-refractivity contribution is 5.44. The summed E-state index contributed by atoms with van der Waals surface area (Å²) < 4.78 is 7.29. The van der Waals surface area contributed by atoms with Crippen LogP contribution in [-0.4, -0.2) is 88.9 Å². The fourth-order valence-corrected chi connectivity index (χ4v) is 3.23. The van der Waals surface area contributed by atoms with E-state index in [1.807, 2.05) is 23.1 Å². The molecule has 0 bridgehead atoms. The largest absolute Gasteiger partial charge is 0.378 e. The summed E-state index contributed by atoms with van der Waals surface area (Å²) >= 11 is 0. The normalized spacial score (nSPS) is 19.4. The zero-order valence-electron chi connectivity index (χ0n) is 14.4. The maximum atomic E-state index is 5.42. The Bertz CT molecular complexity index is 650. The minimum Gasteiger partial charge on any atom is -0.378 e. The maximum absolute atomic E-state index is 5.42. The van der Waals surface area contributed by atoms with Crippen LogP contribution < -0.4 is 9.80 Å². The Morgan fingerprint density at radius 2 is 1.76 bits per heavy atom. The Labute approximate surface area is 147 Å². The first-order valence-corrected chi connectivity index (χ1v) is 8.86. The van der Waals surface area contributed by atoms with E-state index < -0.39 is 0 Å². The smallest absolute Gasteiger partial charge is 0.227 e. The highest BCUT2D eigenvalue weighted by Gasteiger charge is 2.20. The molecule has 0 amide bonds. The molecule has 25 heavy (non-hydrogen) atoms. The second-order valence-corrected chi connectivity index (χ2v) is 6.31. The SMILES string of the molecule is c1cn(CCN2CCN(c3nccc(N4CCOCC4)n3)CC2)nn1. The number of morpholine rings is 1. The van der Waals surface area contributed by atoms with Crippen LogP contribution in [0.25, 0.3) is 0 Å². The van der Waals surface area contributed by atoms with E-state index in [0.29, 0.717) is 0 Å². The summed E-state index contributed by atoms with van der Waals surface area (Å²) in [5, 5.41) is 7.86. The topological polar surface area (TPSA) is 75.4 Å². The van der Waals surface area contributed by atoms with Crippen molar-refractivity contribution in [2.24, 2.45) is 0 Å². The molecule has 2 fully saturated rings. The van der Waals surface area contributed by atoms with Gasteiger partial charge in [-0.1, -0.05) is 5.21 Å². The minimum atomic E-state index is 0.768. The van der Waals surface area contributed by atoms with Gasteiger partial charge < -0.3 is 14.5 Å². The average molecular weight is 344 g/mol. The summed E-state index contributed by atoms with van der Waals surface area (Å²) in [5.74, 6) is 1.84. The van der Waals surface area contributed by atoms with Gasteiger partial charge in [-0.05, 0) is 6.07 Å². The van der Waals surface area contributed by atoms with Crippen LogP contribution in [0, 0.1) is 0 Å². The molecular formula is C16H24N8O. The fourth-order valence-electron chi connectivity index (χ4n) is 3.23. The second kappa shape index (κ2) is 7.75. The number of rotatable bonds is 5. The van der Waals surface area contributed by atoms with E-state index in [2.05, 4.69) is 30.0 Å². The van der Waals surface area contributed by atoms with E-state index >= 15 is 0 Å². The number of piperazine rings is 1. The lowest BCUT2D eigenvalue weighted by molar-refractivity contribution is 0.122. The third-order valence-corrected chi connectivity index (χ3v) is 4.74. The van der Waals surface area contributed by atoms with Gasteiger partial charge in [0.05, 0.1) is 26.0 Å². The molecule has 0 aromatic carbocycles. The molecular weight excluding hydrogens is 320 g/mol. The summed E-state index contributed by atoms with van der Waals surface area (Å²) in [4.78, 5) is 16.3. The van der Waals surface area contributed by atoms with Crippen molar-refractivity contribution < 1.29 is 4.74 Å². The molecule has 0 unspecified atom stereocenters. The van der Waals surface area contributed by atoms with Gasteiger partial charge in [0.1, 0.15) is 5.82 Å². The number of hydrogen-bond acceptors (Lipinski definition) is 8. The first kappa shape index (κ1) is 16.2. The summed E-state index contributed by atoms with van der Waals surface area (Å²) in [6, 6.07) is 1.99. The molecule has 2 aromatic rings. The lowest BCUT2D eigenvalue weighted by Gasteiger charge is -2.35. The van der Waals surface area contributed by atoms with Crippen molar-refractivity contribution in [1.82, 2.24) is 29.9 Å². The minimum absolute atomic E-state index is 0.768. The predicted octanol–water partition coefficient (Wildman–Crippen LogP) is -0.273. The lowest BCUT2D eigenvalue weighted by atomic mass is 10.3. The van der Waals surface area contributed by atoms with Crippen LogP contribution in [-0.2, 0) is 11.3 Å². The Balaban J connectivity index is 1.31. The summed E-state index contributed by atoms with van der Waals surface area (Å²) in [5.41, 5.74) is 0. The molecule has 4 rings (SSSR count). The molecule has 0 radical (unpaired) electrons. The first-order chi connectivity index (χ1) is 12.4. The van der Waals surface area contributed by atoms with Gasteiger partial charge in [0.2, 0.25) is 5.95 Å². The number of hydrogen-bond donors (Lipinski definition) is 0. The number of ether oxygens (including phenoxy) is 1. The molecule has 2 saturated heterocycles. The van der Waals surface area contributed by atoms with Crippen LogP contribution in [0.1, 0.15) is 0 Å². The molecule has 2 aliphatic rings. The van der Waals surface area contributed by atoms with E-state index in [1.165, 1.54) is 0 Å². The summed E-state index contributed by atoms with van der Waals surface area (Å²) in [7, 11) is 0. The van der Waals surface area contributed by atoms with Crippen LogP contribution in [0.4, 0.5) is 11.8 Å². The highest BCUT2D eigenvalue weighted by Crippen LogP contribution is 2.17. The van der Waals surface area contributed by atoms with Gasteiger partial charge in [0.15, 0.2) is 0 Å². The van der Waals surface area contributed by atoms with Gasteiger partial charge in [0.25, 0.3) is 0 Å². The van der Waals surface area contributed by atoms with E-state index in [4.69, 9.17) is 9.72 Å². The Hall–Kier alpha value is -2.26. The van der Waals surface area contributed by atoms with Crippen molar-refractivity contribution in [1.29, 1.82) is 0 Å². The van der Waals surface area contributed by atoms with Crippen molar-refractivity contribution in [3.63, 3.8) is 0 Å². The lowest BCUT2D eigenvalue weighted by Crippen LogP contribution is -2.48. The van der Waals surface area contributed by atoms with Crippen LogP contribution in [0.2, 0.25) is 0 Å². The predicted molar refractivity (Wildman–Crippen MR) is 93.7 cm³/mol. The fraction of sp³-hybridized carbons (Fsp3) is 0.625. The molecule has 0 aliphatic carbocycles. The number of nitrogens with zero attached hydrogens (tertiary/aromatic N) is 8. The number of anilines is 2. The van der Waals surface area contributed by atoms with Crippen molar-refractivity contribution in [2.75, 3.05) is 68.8 Å². The molecule has 2 aromatic heterocycles. The monoisotopic (exact) mass is 344 g/mol. The van der Waals surface area contributed by atoms with Gasteiger partial charge in [-0.25, -0.2) is 4.98 Å². The number of aromatic nitrogens is 5. The molecule has 134 valence electrons. The quantitative estimate of drug-likeness (QED) is 0.734. The van der Waals surface area contributed by atoms with Crippen molar-refractivity contribution in [2.45, 2.75) is 6.54 Å². The van der Waals surface area contributed by atoms with Gasteiger partial charge in [-0.3, -0.25) is 9.58 Å². The molecule has 9 heteroatoms. The third-order valence-electron chi connectivity index (χ3n) is 4.74. The van der Waals surface area contributed by atoms with Crippen molar-refractivity contribution in [3.05, 3.63) is 24.7 Å². The molecule has 9 nitrogen and oxygen atoms in total. The standard InChI is InChI=1S/C16H24N8O/c1-2-17-16(19-15(1)22-11-13-25-14-12-22)23-8-5-21(6-9-23)7-10-24-4-3-18-20-24/h1-4H,5-14H2. The molecule has 2 aliphatic heterocycles. The average Bonchev–Trinajstić information content (AvgIpc) is 3.21. The van der Waals surface area contributed by atoms with E-state index in [1.54, 1.807) is 6.20 Å². The summed E-state index contributed by atoms with van der Waals surface area (Å²) in [6.45, 7) is 9.12. The Kier molecular flexibility index (Phi) is 5.03. The van der Waals surface area contributed by atoms with Crippen LogP contribution >= 0.6 is 0 Å². The zero-order chi connectivity index (χ0) is 16.9. The molecule has 4 heterocycles. The summed E-state index contributed by atoms with van der Waals surface area (Å²) in [6.07, 6.45) is 5.49. The highest BCUT2D eigenvalue weighted by atomic mass is 16.5. The third kappa shape index (κ3) is 4.05. The van der Waals surface area contributed by atoms with Gasteiger partial charge in [0, 0.05) is 58.2 Å².